The Balaban J connectivity index is 1.54. The topological polar surface area (TPSA) is 46.5 Å². The van der Waals surface area contributed by atoms with Crippen molar-refractivity contribution in [3.63, 3.8) is 0 Å². The highest BCUT2D eigenvalue weighted by molar-refractivity contribution is 5.87. The Morgan fingerprint density at radius 3 is 1.89 bits per heavy atom. The van der Waals surface area contributed by atoms with Gasteiger partial charge in [-0.2, -0.15) is 0 Å². The first kappa shape index (κ1) is 22.5. The van der Waals surface area contributed by atoms with Crippen LogP contribution in [-0.2, 0) is 9.53 Å². The third kappa shape index (κ3) is 7.97. The number of aliphatic hydroxyl groups is 1. The molecule has 0 aliphatic heterocycles. The van der Waals surface area contributed by atoms with Crippen LogP contribution in [-0.4, -0.2) is 24.3 Å². The molecule has 3 heteroatoms. The van der Waals surface area contributed by atoms with E-state index in [1.807, 2.05) is 0 Å². The maximum atomic E-state index is 11.5. The molecule has 156 valence electrons. The van der Waals surface area contributed by atoms with Crippen LogP contribution in [0.2, 0.25) is 0 Å². The molecule has 0 amide bonds. The van der Waals surface area contributed by atoms with E-state index >= 15 is 0 Å². The van der Waals surface area contributed by atoms with Crippen LogP contribution in [0.4, 0.5) is 0 Å². The van der Waals surface area contributed by atoms with Crippen LogP contribution < -0.4 is 0 Å². The molecule has 2 saturated carbocycles. The van der Waals surface area contributed by atoms with E-state index < -0.39 is 5.97 Å². The van der Waals surface area contributed by atoms with E-state index in [-0.39, 0.29) is 12.2 Å². The molecule has 2 rings (SSSR count). The fourth-order valence-electron chi connectivity index (χ4n) is 5.28. The standard InChI is InChI=1S/C24H42O3/c1-3-4-5-7-20-9-13-22(14-10-20)23-15-11-21(12-16-23)8-6-17-27-24(26)19(2)18-25/h20-23,25H,2-18H2,1H3. The molecule has 0 unspecified atom stereocenters. The first-order chi connectivity index (χ1) is 13.1. The zero-order chi connectivity index (χ0) is 19.5. The predicted molar refractivity (Wildman–Crippen MR) is 111 cm³/mol. The molecular weight excluding hydrogens is 336 g/mol. The molecule has 0 aromatic heterocycles. The molecule has 2 aliphatic rings. The van der Waals surface area contributed by atoms with Gasteiger partial charge in [0.15, 0.2) is 0 Å². The Bertz CT molecular complexity index is 429. The fourth-order valence-corrected chi connectivity index (χ4v) is 5.28. The normalized spacial score (nSPS) is 28.7. The lowest BCUT2D eigenvalue weighted by molar-refractivity contribution is -0.139. The monoisotopic (exact) mass is 378 g/mol. The van der Waals surface area contributed by atoms with Gasteiger partial charge >= 0.3 is 5.97 Å². The number of hydrogen-bond acceptors (Lipinski definition) is 3. The number of carbonyl (C=O) groups excluding carboxylic acids is 1. The van der Waals surface area contributed by atoms with Crippen molar-refractivity contribution in [1.82, 2.24) is 0 Å². The summed E-state index contributed by atoms with van der Waals surface area (Å²) in [7, 11) is 0. The van der Waals surface area contributed by atoms with Gasteiger partial charge in [-0.25, -0.2) is 4.79 Å². The first-order valence-corrected chi connectivity index (χ1v) is 11.6. The van der Waals surface area contributed by atoms with E-state index in [2.05, 4.69) is 13.5 Å². The van der Waals surface area contributed by atoms with E-state index in [0.29, 0.717) is 6.61 Å². The van der Waals surface area contributed by atoms with Crippen molar-refractivity contribution in [3.05, 3.63) is 12.2 Å². The number of aliphatic hydroxyl groups excluding tert-OH is 1. The van der Waals surface area contributed by atoms with Crippen molar-refractivity contribution in [2.24, 2.45) is 23.7 Å². The molecule has 27 heavy (non-hydrogen) atoms. The summed E-state index contributed by atoms with van der Waals surface area (Å²) < 4.78 is 5.15. The number of hydrogen-bond donors (Lipinski definition) is 1. The van der Waals surface area contributed by atoms with Gasteiger partial charge in [0.25, 0.3) is 0 Å². The van der Waals surface area contributed by atoms with Crippen LogP contribution >= 0.6 is 0 Å². The van der Waals surface area contributed by atoms with E-state index in [9.17, 15) is 4.79 Å². The Morgan fingerprint density at radius 2 is 1.41 bits per heavy atom. The van der Waals surface area contributed by atoms with Crippen LogP contribution in [0.5, 0.6) is 0 Å². The van der Waals surface area contributed by atoms with Crippen molar-refractivity contribution < 1.29 is 14.6 Å². The minimum atomic E-state index is -0.452. The molecule has 0 aromatic carbocycles. The highest BCUT2D eigenvalue weighted by Gasteiger charge is 2.30. The Kier molecular flexibility index (Phi) is 10.5. The van der Waals surface area contributed by atoms with Crippen LogP contribution in [0.1, 0.15) is 96.8 Å². The molecule has 0 radical (unpaired) electrons. The summed E-state index contributed by atoms with van der Waals surface area (Å²) >= 11 is 0. The van der Waals surface area contributed by atoms with Crippen molar-refractivity contribution in [2.75, 3.05) is 13.2 Å². The third-order valence-corrected chi connectivity index (χ3v) is 7.13. The molecule has 0 spiro atoms. The first-order valence-electron chi connectivity index (χ1n) is 11.6. The second kappa shape index (κ2) is 12.6. The predicted octanol–water partition coefficient (Wildman–Crippen LogP) is 6.05. The Hall–Kier alpha value is -0.830. The van der Waals surface area contributed by atoms with Gasteiger partial charge in [-0.1, -0.05) is 64.9 Å². The molecule has 0 heterocycles. The number of ether oxygens (including phenoxy) is 1. The molecule has 0 aromatic rings. The summed E-state index contributed by atoms with van der Waals surface area (Å²) in [6, 6.07) is 0. The van der Waals surface area contributed by atoms with E-state index in [1.54, 1.807) is 0 Å². The zero-order valence-electron chi connectivity index (χ0n) is 17.6. The second-order valence-electron chi connectivity index (χ2n) is 9.10. The van der Waals surface area contributed by atoms with Gasteiger partial charge in [-0.15, -0.1) is 0 Å². The number of carbonyl (C=O) groups is 1. The van der Waals surface area contributed by atoms with Crippen LogP contribution in [0.15, 0.2) is 12.2 Å². The molecule has 0 bridgehead atoms. The molecule has 2 aliphatic carbocycles. The maximum Gasteiger partial charge on any atom is 0.335 e. The average Bonchev–Trinajstić information content (AvgIpc) is 2.71. The van der Waals surface area contributed by atoms with Crippen molar-refractivity contribution in [3.8, 4) is 0 Å². The number of unbranched alkanes of at least 4 members (excludes halogenated alkanes) is 2. The lowest BCUT2D eigenvalue weighted by Gasteiger charge is -2.38. The fraction of sp³-hybridized carbons (Fsp3) is 0.875. The van der Waals surface area contributed by atoms with Crippen LogP contribution in [0.25, 0.3) is 0 Å². The number of rotatable bonds is 11. The summed E-state index contributed by atoms with van der Waals surface area (Å²) in [5, 5.41) is 8.86. The average molecular weight is 379 g/mol. The second-order valence-corrected chi connectivity index (χ2v) is 9.10. The molecule has 3 nitrogen and oxygen atoms in total. The van der Waals surface area contributed by atoms with Crippen LogP contribution in [0.3, 0.4) is 0 Å². The molecule has 1 N–H and O–H groups in total. The van der Waals surface area contributed by atoms with E-state index in [1.165, 1.54) is 77.0 Å². The maximum absolute atomic E-state index is 11.5. The summed E-state index contributed by atoms with van der Waals surface area (Å²) in [5.74, 6) is 3.36. The largest absolute Gasteiger partial charge is 0.462 e. The molecule has 0 saturated heterocycles. The molecule has 0 atom stereocenters. The van der Waals surface area contributed by atoms with Gasteiger partial charge in [0, 0.05) is 0 Å². The SMILES string of the molecule is C=C(CO)C(=O)OCCCC1CCC(C2CCC(CCCCC)CC2)CC1. The molecule has 2 fully saturated rings. The summed E-state index contributed by atoms with van der Waals surface area (Å²) in [6.45, 7) is 5.93. The van der Waals surface area contributed by atoms with Gasteiger partial charge in [0.2, 0.25) is 0 Å². The smallest absolute Gasteiger partial charge is 0.335 e. The quantitative estimate of drug-likeness (QED) is 0.270. The van der Waals surface area contributed by atoms with Crippen molar-refractivity contribution >= 4 is 5.97 Å². The Morgan fingerprint density at radius 1 is 0.889 bits per heavy atom. The van der Waals surface area contributed by atoms with Gasteiger partial charge in [-0.05, 0) is 62.2 Å². The number of esters is 1. The summed E-state index contributed by atoms with van der Waals surface area (Å²) in [4.78, 5) is 11.5. The molecular formula is C24H42O3. The van der Waals surface area contributed by atoms with E-state index in [4.69, 9.17) is 9.84 Å². The minimum Gasteiger partial charge on any atom is -0.462 e. The van der Waals surface area contributed by atoms with Gasteiger partial charge in [0.05, 0.1) is 18.8 Å². The summed E-state index contributed by atoms with van der Waals surface area (Å²) in [5.41, 5.74) is 0.149. The highest BCUT2D eigenvalue weighted by atomic mass is 16.5. The lowest BCUT2D eigenvalue weighted by atomic mass is 9.68. The zero-order valence-corrected chi connectivity index (χ0v) is 17.6. The van der Waals surface area contributed by atoms with Gasteiger partial charge in [0.1, 0.15) is 0 Å². The van der Waals surface area contributed by atoms with Gasteiger partial charge < -0.3 is 9.84 Å². The van der Waals surface area contributed by atoms with Gasteiger partial charge in [-0.3, -0.25) is 0 Å². The lowest BCUT2D eigenvalue weighted by Crippen LogP contribution is -2.26. The summed E-state index contributed by atoms with van der Waals surface area (Å²) in [6.07, 6.45) is 19.3. The van der Waals surface area contributed by atoms with Crippen molar-refractivity contribution in [1.29, 1.82) is 0 Å². The van der Waals surface area contributed by atoms with Crippen molar-refractivity contribution in [2.45, 2.75) is 96.8 Å². The van der Waals surface area contributed by atoms with E-state index in [0.717, 1.165) is 36.5 Å². The highest BCUT2D eigenvalue weighted by Crippen LogP contribution is 2.43. The van der Waals surface area contributed by atoms with Crippen LogP contribution in [0, 0.1) is 23.7 Å². The third-order valence-electron chi connectivity index (χ3n) is 7.13. The minimum absolute atomic E-state index is 0.149. The Labute approximate surface area is 167 Å².